The van der Waals surface area contributed by atoms with Gasteiger partial charge >= 0.3 is 0 Å². The zero-order chi connectivity index (χ0) is 55.7. The number of amides is 5. The van der Waals surface area contributed by atoms with Crippen LogP contribution >= 0.6 is 11.3 Å². The molecule has 2 saturated heterocycles. The van der Waals surface area contributed by atoms with E-state index < -0.39 is 35.4 Å². The third kappa shape index (κ3) is 13.6. The average molecular weight is 1080 g/mol. The van der Waals surface area contributed by atoms with E-state index in [1.165, 1.54) is 11.9 Å². The normalized spacial score (nSPS) is 16.0. The number of carbonyl (C=O) groups excluding carboxylic acids is 5. The van der Waals surface area contributed by atoms with Crippen LogP contribution in [0, 0.1) is 30.1 Å². The summed E-state index contributed by atoms with van der Waals surface area (Å²) in [5, 5.41) is 38.4. The number of pyridine rings is 1. The van der Waals surface area contributed by atoms with Crippen LogP contribution in [-0.4, -0.2) is 131 Å². The fourth-order valence-electron chi connectivity index (χ4n) is 9.25. The molecule has 2 unspecified atom stereocenters. The Morgan fingerprint density at radius 3 is 2.33 bits per heavy atom. The Balaban J connectivity index is 0.760. The minimum atomic E-state index is -0.930. The lowest BCUT2D eigenvalue weighted by atomic mass is 9.85. The Kier molecular flexibility index (Phi) is 17.8. The largest absolute Gasteiger partial charge is 0.494 e. The SMILES string of the molecule is CNC(=O)c1nnc(Nc2ccc(C#CC3CN(C(=O)CCCCCC(=O)NC(C(=O)N4C[C@H](O)C[C@H]4C(=O)NC(C)c4ccc(-c5scnc5C)cc4)C(C)(C)C)C3)cn2)cc1Nc1cccc(-c2ncn(C)n2)c1OC. The first-order valence-electron chi connectivity index (χ1n) is 25.9. The number of methoxy groups -OCH3 is 1. The molecule has 78 heavy (non-hydrogen) atoms. The predicted molar refractivity (Wildman–Crippen MR) is 296 cm³/mol. The van der Waals surface area contributed by atoms with Crippen LogP contribution in [0.25, 0.3) is 21.8 Å². The predicted octanol–water partition coefficient (Wildman–Crippen LogP) is 6.08. The number of likely N-dealkylation sites (tertiary alicyclic amines) is 2. The highest BCUT2D eigenvalue weighted by Gasteiger charge is 2.45. The zero-order valence-corrected chi connectivity index (χ0v) is 45.9. The summed E-state index contributed by atoms with van der Waals surface area (Å²) >= 11 is 1.57. The van der Waals surface area contributed by atoms with Gasteiger partial charge in [-0.2, -0.15) is 5.10 Å². The van der Waals surface area contributed by atoms with Crippen LogP contribution in [0.15, 0.2) is 78.7 Å². The summed E-state index contributed by atoms with van der Waals surface area (Å²) in [6, 6.07) is 16.4. The summed E-state index contributed by atoms with van der Waals surface area (Å²) in [6.45, 7) is 10.5. The molecular weight excluding hydrogens is 1010 g/mol. The topological polar surface area (TPSA) is 264 Å². The lowest BCUT2D eigenvalue weighted by Gasteiger charge is -2.36. The number of nitrogens with zero attached hydrogens (tertiary/aromatic N) is 9. The molecule has 21 nitrogen and oxygen atoms in total. The van der Waals surface area contributed by atoms with Gasteiger partial charge in [0, 0.05) is 70.8 Å². The van der Waals surface area contributed by atoms with Crippen molar-refractivity contribution in [1.82, 2.24) is 60.7 Å². The van der Waals surface area contributed by atoms with Crippen LogP contribution in [0.3, 0.4) is 0 Å². The summed E-state index contributed by atoms with van der Waals surface area (Å²) in [4.78, 5) is 84.4. The van der Waals surface area contributed by atoms with Gasteiger partial charge in [-0.05, 0) is 67.5 Å². The first-order valence-corrected chi connectivity index (χ1v) is 26.8. The van der Waals surface area contributed by atoms with Gasteiger partial charge in [0.1, 0.15) is 24.2 Å². The second kappa shape index (κ2) is 24.8. The molecule has 2 aliphatic heterocycles. The van der Waals surface area contributed by atoms with Gasteiger partial charge in [0.15, 0.2) is 23.1 Å². The second-order valence-electron chi connectivity index (χ2n) is 20.6. The van der Waals surface area contributed by atoms with Crippen molar-refractivity contribution in [2.45, 2.75) is 97.4 Å². The number of β-amino-alcohol motifs (C(OH)–C–C–N with tert-alkyl or cyclic N) is 1. The van der Waals surface area contributed by atoms with Crippen LogP contribution in [0.1, 0.15) is 99.6 Å². The molecule has 8 rings (SSSR count). The molecule has 0 bridgehead atoms. The quantitative estimate of drug-likeness (QED) is 0.0396. The molecule has 0 aliphatic carbocycles. The van der Waals surface area contributed by atoms with Gasteiger partial charge in [0.05, 0.1) is 58.2 Å². The maximum Gasteiger partial charge on any atom is 0.273 e. The first-order chi connectivity index (χ1) is 37.4. The van der Waals surface area contributed by atoms with Crippen LogP contribution in [0.2, 0.25) is 0 Å². The Labute approximate surface area is 457 Å². The zero-order valence-electron chi connectivity index (χ0n) is 45.1. The number of nitrogens with one attached hydrogen (secondary N) is 5. The number of para-hydroxylation sites is 1. The highest BCUT2D eigenvalue weighted by Crippen LogP contribution is 2.37. The van der Waals surface area contributed by atoms with E-state index in [2.05, 4.69) is 68.7 Å². The summed E-state index contributed by atoms with van der Waals surface area (Å²) < 4.78 is 7.34. The Morgan fingerprint density at radius 2 is 1.67 bits per heavy atom. The Morgan fingerprint density at radius 1 is 0.897 bits per heavy atom. The van der Waals surface area contributed by atoms with E-state index in [0.29, 0.717) is 84.5 Å². The molecule has 2 aromatic carbocycles. The molecule has 6 N–H and O–H groups in total. The number of unbranched alkanes of at least 4 members (excludes halogenated alkanes) is 2. The van der Waals surface area contributed by atoms with Crippen LogP contribution in [0.5, 0.6) is 5.75 Å². The number of hydrogen-bond acceptors (Lipinski definition) is 16. The van der Waals surface area contributed by atoms with Crippen molar-refractivity contribution in [3.63, 3.8) is 0 Å². The summed E-state index contributed by atoms with van der Waals surface area (Å²) in [5.74, 6) is 6.68. The highest BCUT2D eigenvalue weighted by atomic mass is 32.1. The molecule has 6 aromatic rings. The third-order valence-corrected chi connectivity index (χ3v) is 14.6. The third-order valence-electron chi connectivity index (χ3n) is 13.6. The van der Waals surface area contributed by atoms with Gasteiger partial charge in [0.2, 0.25) is 23.6 Å². The molecule has 408 valence electrons. The van der Waals surface area contributed by atoms with Crippen LogP contribution < -0.4 is 31.3 Å². The number of hydrogen-bond donors (Lipinski definition) is 6. The minimum Gasteiger partial charge on any atom is -0.494 e. The van der Waals surface area contributed by atoms with Gasteiger partial charge in [0.25, 0.3) is 5.91 Å². The van der Waals surface area contributed by atoms with Crippen molar-refractivity contribution in [2.24, 2.45) is 18.4 Å². The van der Waals surface area contributed by atoms with Gasteiger partial charge in [-0.15, -0.1) is 21.5 Å². The fourth-order valence-corrected chi connectivity index (χ4v) is 10.1. The smallest absolute Gasteiger partial charge is 0.273 e. The molecule has 4 atom stereocenters. The van der Waals surface area contributed by atoms with E-state index >= 15 is 0 Å². The maximum absolute atomic E-state index is 14.1. The molecule has 22 heteroatoms. The van der Waals surface area contributed by atoms with E-state index in [0.717, 1.165) is 21.7 Å². The number of thiazole rings is 1. The monoisotopic (exact) mass is 1080 g/mol. The summed E-state index contributed by atoms with van der Waals surface area (Å²) in [6.07, 6.45) is 4.75. The molecule has 6 heterocycles. The van der Waals surface area contributed by atoms with Gasteiger partial charge < -0.3 is 46.2 Å². The molecule has 5 amide bonds. The van der Waals surface area contributed by atoms with Crippen molar-refractivity contribution in [3.8, 4) is 39.4 Å². The van der Waals surface area contributed by atoms with Crippen LogP contribution in [0.4, 0.5) is 23.0 Å². The molecule has 0 spiro atoms. The summed E-state index contributed by atoms with van der Waals surface area (Å²) in [7, 11) is 4.82. The molecule has 4 aromatic heterocycles. The first kappa shape index (κ1) is 55.9. The molecule has 0 radical (unpaired) electrons. The lowest BCUT2D eigenvalue weighted by Crippen LogP contribution is -2.57. The molecule has 0 saturated carbocycles. The number of anilines is 4. The molecule has 2 fully saturated rings. The average Bonchev–Trinajstić information content (AvgIpc) is 4.16. The van der Waals surface area contributed by atoms with Gasteiger partial charge in [-0.3, -0.25) is 28.7 Å². The van der Waals surface area contributed by atoms with E-state index in [9.17, 15) is 29.1 Å². The van der Waals surface area contributed by atoms with Crippen LogP contribution in [-0.2, 0) is 26.2 Å². The van der Waals surface area contributed by atoms with Crippen molar-refractivity contribution in [3.05, 3.63) is 101 Å². The highest BCUT2D eigenvalue weighted by molar-refractivity contribution is 7.13. The maximum atomic E-state index is 14.1. The molecular formula is C56H66N14O7S. The van der Waals surface area contributed by atoms with E-state index in [1.54, 1.807) is 65.8 Å². The second-order valence-corrected chi connectivity index (χ2v) is 21.4. The Hall–Kier alpha value is -8.29. The number of aliphatic hydroxyl groups excluding tert-OH is 1. The van der Waals surface area contributed by atoms with Gasteiger partial charge in [-0.1, -0.05) is 69.4 Å². The molecule has 2 aliphatic rings. The van der Waals surface area contributed by atoms with Crippen molar-refractivity contribution >= 4 is 63.9 Å². The van der Waals surface area contributed by atoms with Crippen molar-refractivity contribution < 1.29 is 33.8 Å². The van der Waals surface area contributed by atoms with Gasteiger partial charge in [-0.25, -0.2) is 15.0 Å². The standard InChI is InChI=1S/C56H66N14O7S/c1-33(37-20-22-38(23-21-37)50-34(2)60-32-78-50)61-53(74)43-25-39(71)30-70(43)55(76)51(56(3,4)5)64-46(72)15-10-9-11-16-47(73)69-28-36(29-69)18-17-35-19-24-44(58-27-35)63-45-26-42(48(66-65-45)54(75)57-6)62-41-14-12-13-40(49(41)77-8)52-59-31-68(7)67-52/h12-14,19-24,26-27,31-33,36,39,43,51,71H,9-11,15-16,25,28-30H2,1-8H3,(H,57,75)(H,61,74)(H,64,72)(H2,58,62,63,65)/t33?,39-,43+,51?/m1/s1. The number of benzene rings is 2. The van der Waals surface area contributed by atoms with E-state index in [1.807, 2.05) is 82.6 Å². The number of aliphatic hydroxyl groups is 1. The number of carbonyl (C=O) groups is 5. The fraction of sp³-hybridized carbons (Fsp3) is 0.411. The van der Waals surface area contributed by atoms with E-state index in [4.69, 9.17) is 4.74 Å². The van der Waals surface area contributed by atoms with E-state index in [-0.39, 0.29) is 54.8 Å². The van der Waals surface area contributed by atoms with Crippen molar-refractivity contribution in [2.75, 3.05) is 44.4 Å². The summed E-state index contributed by atoms with van der Waals surface area (Å²) in [5.41, 5.74) is 6.35. The lowest BCUT2D eigenvalue weighted by molar-refractivity contribution is -0.144. The number of rotatable bonds is 19. The number of ether oxygens (including phenoxy) is 1. The minimum absolute atomic E-state index is 0.0153. The van der Waals surface area contributed by atoms with Crippen molar-refractivity contribution in [1.29, 1.82) is 0 Å². The Bertz CT molecular complexity index is 3190. The number of aromatic nitrogens is 7. The number of aryl methyl sites for hydroxylation is 2.